The van der Waals surface area contributed by atoms with Gasteiger partial charge in [-0.05, 0) is 0 Å². The summed E-state index contributed by atoms with van der Waals surface area (Å²) in [5.41, 5.74) is 0.835. The van der Waals surface area contributed by atoms with Gasteiger partial charge in [-0.1, -0.05) is 0 Å². The zero-order valence-electron chi connectivity index (χ0n) is 12.4. The number of aliphatic carboxylic acids is 1. The Balaban J connectivity index is 1.90. The predicted molar refractivity (Wildman–Crippen MR) is 89.7 cm³/mol. The quantitative estimate of drug-likeness (QED) is 0.298. The van der Waals surface area contributed by atoms with Gasteiger partial charge in [0, 0.05) is 0 Å². The Morgan fingerprint density at radius 3 is 2.71 bits per heavy atom. The number of carbonyl (C=O) groups excluding carboxylic acids is 2. The second kappa shape index (κ2) is 6.65. The minimum absolute atomic E-state index is 0.183. The van der Waals surface area contributed by atoms with Crippen LogP contribution in [0.25, 0.3) is 0 Å². The first-order chi connectivity index (χ1) is 11.4. The van der Waals surface area contributed by atoms with Crippen molar-refractivity contribution < 1.29 is 34.4 Å². The van der Waals surface area contributed by atoms with Gasteiger partial charge in [0.2, 0.25) is 0 Å². The van der Waals surface area contributed by atoms with Gasteiger partial charge in [0.05, 0.1) is 0 Å². The molecule has 2 heterocycles. The Morgan fingerprint density at radius 1 is 1.29 bits per heavy atom. The van der Waals surface area contributed by atoms with E-state index in [2.05, 4.69) is 5.32 Å². The molecule has 0 bridgehead atoms. The number of hydrogen-bond donors (Lipinski definition) is 4. The first kappa shape index (κ1) is 17.1. The van der Waals surface area contributed by atoms with Gasteiger partial charge in [-0.15, -0.1) is 0 Å². The molecule has 2 aliphatic heterocycles. The van der Waals surface area contributed by atoms with E-state index < -0.39 is 50.4 Å². The number of ether oxygens (including phenoxy) is 1. The molecule has 4 N–H and O–H groups in total. The van der Waals surface area contributed by atoms with Crippen LogP contribution in [0.3, 0.4) is 0 Å². The summed E-state index contributed by atoms with van der Waals surface area (Å²) in [7, 11) is 0. The van der Waals surface area contributed by atoms with Crippen LogP contribution in [0.1, 0.15) is 32.2 Å². The van der Waals surface area contributed by atoms with Crippen LogP contribution >= 0.6 is 19.8 Å². The fourth-order valence-electron chi connectivity index (χ4n) is 2.86. The molecule has 1 fully saturated rings. The zero-order chi connectivity index (χ0) is 17.4. The second-order valence-electron chi connectivity index (χ2n) is 5.41. The van der Waals surface area contributed by atoms with Crippen LogP contribution in [0.4, 0.5) is 0 Å². The number of imide groups is 1. The topological polar surface area (TPSA) is 133 Å². The van der Waals surface area contributed by atoms with Crippen LogP contribution in [0.2, 0.25) is 0 Å². The molecule has 1 saturated heterocycles. The van der Waals surface area contributed by atoms with E-state index in [1.54, 1.807) is 12.1 Å². The van der Waals surface area contributed by atoms with E-state index in [0.29, 0.717) is 17.5 Å². The minimum atomic E-state index is -2.69. The van der Waals surface area contributed by atoms with Crippen molar-refractivity contribution >= 4 is 37.6 Å². The van der Waals surface area contributed by atoms with Gasteiger partial charge in [-0.25, -0.2) is 0 Å². The van der Waals surface area contributed by atoms with Crippen molar-refractivity contribution in [2.75, 3.05) is 6.61 Å². The number of alkyl halides is 3. The van der Waals surface area contributed by atoms with Gasteiger partial charge in [0.15, 0.2) is 0 Å². The van der Waals surface area contributed by atoms with Crippen LogP contribution in [0, 0.1) is 0 Å². The Bertz CT molecular complexity index is 707. The fraction of sp³-hybridized carbons (Fsp3) is 0.400. The van der Waals surface area contributed by atoms with E-state index in [1.165, 1.54) is 6.07 Å². The van der Waals surface area contributed by atoms with Crippen molar-refractivity contribution in [1.29, 1.82) is 0 Å². The van der Waals surface area contributed by atoms with Crippen LogP contribution in [0.5, 0.6) is 5.75 Å². The summed E-state index contributed by atoms with van der Waals surface area (Å²) in [6.45, 7) is -0.564. The van der Waals surface area contributed by atoms with E-state index in [4.69, 9.17) is 9.84 Å². The Kier molecular flexibility index (Phi) is 4.74. The SMILES string of the molecule is O=C(O)COc1cccc2c1C(O)I(C1CCC(=O)NC1=O)C2O. The molecule has 0 aromatic heterocycles. The number of carboxylic acids is 1. The predicted octanol–water partition coefficient (Wildman–Crippen LogP) is 0.457. The molecule has 2 aliphatic rings. The summed E-state index contributed by atoms with van der Waals surface area (Å²) in [6, 6.07) is 4.78. The number of benzene rings is 1. The third-order valence-electron chi connectivity index (χ3n) is 3.90. The van der Waals surface area contributed by atoms with Crippen LogP contribution in [-0.4, -0.2) is 43.6 Å². The van der Waals surface area contributed by atoms with Crippen molar-refractivity contribution in [3.05, 3.63) is 29.3 Å². The number of amides is 2. The summed E-state index contributed by atoms with van der Waals surface area (Å²) in [5, 5.41) is 32.3. The standard InChI is InChI=1S/C15H16INO7/c18-10-5-4-8(15(23)17-10)16-13(21)7-2-1-3-9(12(7)14(16)22)24-6-11(19)20/h1-3,8,13-14,21-22H,4-6H2,(H,19,20)(H,17,18,23). The van der Waals surface area contributed by atoms with Gasteiger partial charge < -0.3 is 0 Å². The van der Waals surface area contributed by atoms with Gasteiger partial charge in [0.1, 0.15) is 0 Å². The van der Waals surface area contributed by atoms with Crippen molar-refractivity contribution in [2.45, 2.75) is 25.0 Å². The maximum atomic E-state index is 12.1. The molecule has 24 heavy (non-hydrogen) atoms. The van der Waals surface area contributed by atoms with Gasteiger partial charge >= 0.3 is 144 Å². The molecule has 3 rings (SSSR count). The third kappa shape index (κ3) is 2.98. The third-order valence-corrected chi connectivity index (χ3v) is 10.8. The monoisotopic (exact) mass is 449 g/mol. The maximum absolute atomic E-state index is 12.1. The van der Waals surface area contributed by atoms with Crippen molar-refractivity contribution in [3.8, 4) is 5.75 Å². The van der Waals surface area contributed by atoms with E-state index in [-0.39, 0.29) is 18.1 Å². The summed E-state index contributed by atoms with van der Waals surface area (Å²) in [5.74, 6) is -1.75. The summed E-state index contributed by atoms with van der Waals surface area (Å²) < 4.78 is 2.67. The average molecular weight is 449 g/mol. The molecular weight excluding hydrogens is 433 g/mol. The number of carboxylic acid groups (broad SMARTS) is 1. The molecule has 1 aromatic rings. The summed E-state index contributed by atoms with van der Waals surface area (Å²) in [6.07, 6.45) is 0.492. The number of nitrogens with one attached hydrogen (secondary N) is 1. The van der Waals surface area contributed by atoms with Gasteiger partial charge in [0.25, 0.3) is 0 Å². The molecule has 3 atom stereocenters. The Hall–Kier alpha value is -1.72. The number of fused-ring (bicyclic) bond motifs is 1. The molecule has 8 nitrogen and oxygen atoms in total. The Labute approximate surface area is 144 Å². The normalized spacial score (nSPS) is 27.6. The van der Waals surface area contributed by atoms with Crippen LogP contribution < -0.4 is 10.1 Å². The van der Waals surface area contributed by atoms with Crippen molar-refractivity contribution in [1.82, 2.24) is 5.32 Å². The second-order valence-corrected chi connectivity index (χ2v) is 11.4. The number of aliphatic hydroxyl groups excluding tert-OH is 2. The first-order valence-corrected chi connectivity index (χ1v) is 11.0. The number of aliphatic hydroxyl groups is 2. The fourth-order valence-corrected chi connectivity index (χ4v) is 9.69. The number of rotatable bonds is 4. The number of piperidine rings is 1. The molecule has 130 valence electrons. The molecule has 0 spiro atoms. The summed E-state index contributed by atoms with van der Waals surface area (Å²) >= 11 is -2.69. The van der Waals surface area contributed by atoms with E-state index in [0.717, 1.165) is 0 Å². The molecular formula is C15H16INO7. The zero-order valence-corrected chi connectivity index (χ0v) is 14.6. The molecule has 9 heteroatoms. The van der Waals surface area contributed by atoms with Crippen molar-refractivity contribution in [2.24, 2.45) is 0 Å². The molecule has 1 aromatic carbocycles. The van der Waals surface area contributed by atoms with Crippen molar-refractivity contribution in [3.63, 3.8) is 0 Å². The average Bonchev–Trinajstić information content (AvgIpc) is 2.78. The Morgan fingerprint density at radius 2 is 2.04 bits per heavy atom. The van der Waals surface area contributed by atoms with E-state index in [1.807, 2.05) is 0 Å². The molecule has 0 aliphatic carbocycles. The van der Waals surface area contributed by atoms with Crippen LogP contribution in [-0.2, 0) is 14.4 Å². The van der Waals surface area contributed by atoms with Gasteiger partial charge in [-0.2, -0.15) is 0 Å². The molecule has 2 amide bonds. The molecule has 0 saturated carbocycles. The summed E-state index contributed by atoms with van der Waals surface area (Å²) in [4.78, 5) is 34.1. The number of carbonyl (C=O) groups is 3. The molecule has 0 radical (unpaired) electrons. The molecule has 3 unspecified atom stereocenters. The number of halogens is 1. The van der Waals surface area contributed by atoms with E-state index in [9.17, 15) is 24.6 Å². The van der Waals surface area contributed by atoms with Crippen LogP contribution in [0.15, 0.2) is 18.2 Å². The van der Waals surface area contributed by atoms with E-state index >= 15 is 0 Å². The number of hydrogen-bond acceptors (Lipinski definition) is 6. The first-order valence-electron chi connectivity index (χ1n) is 7.23. The van der Waals surface area contributed by atoms with Gasteiger partial charge in [-0.3, -0.25) is 0 Å².